The Morgan fingerprint density at radius 2 is 1.40 bits per heavy atom. The molecule has 0 aromatic heterocycles. The molecule has 2 N–H and O–H groups in total. The molecule has 8 saturated heterocycles. The van der Waals surface area contributed by atoms with Gasteiger partial charge in [-0.05, 0) is 87.9 Å². The number of benzene rings is 2. The Morgan fingerprint density at radius 3 is 2.02 bits per heavy atom. The maximum atomic E-state index is 15.9. The van der Waals surface area contributed by atoms with Gasteiger partial charge in [0.15, 0.2) is 15.8 Å². The van der Waals surface area contributed by atoms with Crippen molar-refractivity contribution in [1.82, 2.24) is 19.6 Å². The number of aliphatic hydroxyl groups is 1. The Balaban J connectivity index is 1.39. The number of aliphatic hydroxyl groups excluding tert-OH is 1. The molecule has 8 fully saturated rings. The number of ether oxygens (including phenoxy) is 1. The Bertz CT molecular complexity index is 2170. The number of amides is 4. The highest BCUT2D eigenvalue weighted by Crippen LogP contribution is 2.79. The molecule has 4 bridgehead atoms. The second-order valence-corrected chi connectivity index (χ2v) is 20.2. The van der Waals surface area contributed by atoms with E-state index in [0.29, 0.717) is 11.3 Å². The molecule has 2 spiro atoms. The smallest absolute Gasteiger partial charge is 0.303 e. The summed E-state index contributed by atoms with van der Waals surface area (Å²) in [5, 5.41) is 17.0. The number of anilines is 1. The minimum atomic E-state index is -2.00. The van der Waals surface area contributed by atoms with E-state index in [1.54, 1.807) is 19.9 Å². The average Bonchev–Trinajstić information content (AvgIpc) is 3.78. The van der Waals surface area contributed by atoms with Crippen molar-refractivity contribution in [2.24, 2.45) is 0 Å². The number of hydrogen-bond donors (Lipinski definition) is 2. The molecule has 278 valence electrons. The first kappa shape index (κ1) is 34.3. The fourth-order valence-corrected chi connectivity index (χ4v) is 19.2. The summed E-state index contributed by atoms with van der Waals surface area (Å²) >= 11 is 0. The largest absolute Gasteiger partial charge is 0.457 e. The molecule has 4 amide bonds. The van der Waals surface area contributed by atoms with Gasteiger partial charge < -0.3 is 29.9 Å². The van der Waals surface area contributed by atoms with Crippen LogP contribution in [0.3, 0.4) is 0 Å². The van der Waals surface area contributed by atoms with Gasteiger partial charge in [-0.3, -0.25) is 28.9 Å². The van der Waals surface area contributed by atoms with E-state index >= 15 is 23.2 Å². The zero-order chi connectivity index (χ0) is 37.6. The fraction of sp³-hybridized carbons (Fsp3) is 0.514. The lowest BCUT2D eigenvalue weighted by molar-refractivity contribution is -0.172. The molecule has 53 heavy (non-hydrogen) atoms. The number of nitrogens with zero attached hydrogens (tertiary/aromatic N) is 4. The van der Waals surface area contributed by atoms with Gasteiger partial charge in [0.25, 0.3) is 23.6 Å². The summed E-state index contributed by atoms with van der Waals surface area (Å²) in [6, 6.07) is 6.93. The van der Waals surface area contributed by atoms with Gasteiger partial charge in [-0.25, -0.2) is 8.78 Å². The quantitative estimate of drug-likeness (QED) is 0.347. The van der Waals surface area contributed by atoms with Crippen molar-refractivity contribution in [3.63, 3.8) is 0 Å². The van der Waals surface area contributed by atoms with Gasteiger partial charge >= 0.3 is 5.97 Å². The molecule has 0 unspecified atom stereocenters. The first-order valence-electron chi connectivity index (χ1n) is 17.3. The molecule has 1 aliphatic carbocycles. The Morgan fingerprint density at radius 1 is 0.830 bits per heavy atom. The topological polar surface area (TPSA) is 140 Å². The van der Waals surface area contributed by atoms with Crippen LogP contribution in [-0.2, 0) is 46.0 Å². The minimum Gasteiger partial charge on any atom is -0.457 e. The highest BCUT2D eigenvalue weighted by Gasteiger charge is 2.93. The number of halogens is 2. The molecular formula is C35H33F2N5O7S4. The van der Waals surface area contributed by atoms with Crippen molar-refractivity contribution >= 4 is 78.5 Å². The number of carbonyl (C=O) groups excluding carboxylic acids is 5. The average molecular weight is 802 g/mol. The molecule has 2 aromatic rings. The lowest BCUT2D eigenvalue weighted by atomic mass is 9.51. The van der Waals surface area contributed by atoms with Gasteiger partial charge in [-0.2, -0.15) is 0 Å². The fourth-order valence-electron chi connectivity index (χ4n) is 11.3. The van der Waals surface area contributed by atoms with E-state index in [0.717, 1.165) is 28.5 Å². The van der Waals surface area contributed by atoms with Gasteiger partial charge in [0.1, 0.15) is 23.9 Å². The number of nitrogens with one attached hydrogen (secondary N) is 1. The Hall–Kier alpha value is -3.19. The van der Waals surface area contributed by atoms with Crippen molar-refractivity contribution in [2.45, 2.75) is 94.8 Å². The van der Waals surface area contributed by atoms with Crippen LogP contribution in [-0.4, -0.2) is 112 Å². The van der Waals surface area contributed by atoms with Crippen molar-refractivity contribution < 1.29 is 42.6 Å². The predicted octanol–water partition coefficient (Wildman–Crippen LogP) is 3.13. The Labute approximate surface area is 318 Å². The van der Waals surface area contributed by atoms with Crippen LogP contribution in [0.2, 0.25) is 0 Å². The van der Waals surface area contributed by atoms with E-state index in [9.17, 15) is 14.7 Å². The van der Waals surface area contributed by atoms with Gasteiger partial charge in [0.2, 0.25) is 9.74 Å². The molecule has 2 aromatic carbocycles. The summed E-state index contributed by atoms with van der Waals surface area (Å²) in [5.74, 6) is -4.17. The van der Waals surface area contributed by atoms with Crippen molar-refractivity contribution in [2.75, 3.05) is 19.4 Å². The normalized spacial score (nSPS) is 42.4. The van der Waals surface area contributed by atoms with Crippen LogP contribution in [0.1, 0.15) is 50.3 Å². The van der Waals surface area contributed by atoms with E-state index in [4.69, 9.17) is 4.74 Å². The monoisotopic (exact) mass is 801 g/mol. The molecule has 9 aliphatic heterocycles. The molecule has 10 atom stereocenters. The van der Waals surface area contributed by atoms with Crippen LogP contribution >= 0.6 is 43.2 Å². The van der Waals surface area contributed by atoms with Gasteiger partial charge in [0.05, 0.1) is 16.9 Å². The van der Waals surface area contributed by atoms with Gasteiger partial charge in [-0.1, -0.05) is 41.5 Å². The van der Waals surface area contributed by atoms with E-state index < -0.39 is 96.0 Å². The predicted molar refractivity (Wildman–Crippen MR) is 194 cm³/mol. The third-order valence-electron chi connectivity index (χ3n) is 13.4. The number of carbonyl (C=O) groups is 5. The summed E-state index contributed by atoms with van der Waals surface area (Å²) in [5.41, 5.74) is -2.70. The number of rotatable bonds is 4. The standard InChI is InChI=1S/C35H33F2N5O7S4/c1-6-30-26(45)41-22-12-16-8-9-17(36)13-19(16)32(22,23(44)34(41,52-50-30)28(47)39(30)4)33-20-14-18(37)10-11-21(20)38-25(33)42-27(46)31(7-2)40(5)29(48)35(42,53-51-31)24(33)49-15(3)43/h8-11,13-14,22-25,38,44H,6-7,12H2,1-5H3/t22-,23-,24-,25+,30-,31-,32-,33+,34-,35-/m0/s1. The van der Waals surface area contributed by atoms with E-state index in [-0.39, 0.29) is 30.4 Å². The third-order valence-corrected chi connectivity index (χ3v) is 21.0. The second-order valence-electron chi connectivity index (χ2n) is 15.0. The number of fused-ring (bicyclic) bond motifs is 11. The highest BCUT2D eigenvalue weighted by atomic mass is 33.1. The summed E-state index contributed by atoms with van der Waals surface area (Å²) in [6.07, 6.45) is -4.31. The highest BCUT2D eigenvalue weighted by molar-refractivity contribution is 8.78. The SMILES string of the molecule is CC[C@@]12SS[C@]3(C(=O)N1C)[C@@H](O)[C@]1([C@@]45c6cc(F)ccc6N[C@@H]4N4C(=O)[C@]6(CC)SS[C@]4(C(=O)N6C)[C@H]5OC(C)=O)c4cc(F)ccc4C[C@@H]1N3C2=O. The zero-order valence-corrected chi connectivity index (χ0v) is 32.2. The molecule has 0 radical (unpaired) electrons. The molecule has 9 heterocycles. The van der Waals surface area contributed by atoms with E-state index in [2.05, 4.69) is 5.32 Å². The summed E-state index contributed by atoms with van der Waals surface area (Å²) in [4.78, 5) is 72.8. The van der Waals surface area contributed by atoms with Gasteiger partial charge in [-0.15, -0.1) is 0 Å². The van der Waals surface area contributed by atoms with Crippen LogP contribution in [0.5, 0.6) is 0 Å². The van der Waals surface area contributed by atoms with Crippen LogP contribution in [0.25, 0.3) is 0 Å². The number of likely N-dealkylation sites (N-methyl/N-ethyl adjacent to an activating group) is 2. The minimum absolute atomic E-state index is 0.0453. The lowest BCUT2D eigenvalue weighted by Gasteiger charge is -2.59. The number of piperazine rings is 2. The van der Waals surface area contributed by atoms with Crippen LogP contribution < -0.4 is 5.32 Å². The van der Waals surface area contributed by atoms with Gasteiger partial charge in [0, 0.05) is 26.7 Å². The molecule has 18 heteroatoms. The third kappa shape index (κ3) is 3.17. The lowest BCUT2D eigenvalue weighted by Crippen LogP contribution is -2.78. The molecular weight excluding hydrogens is 769 g/mol. The van der Waals surface area contributed by atoms with Crippen molar-refractivity contribution in [1.29, 1.82) is 0 Å². The summed E-state index contributed by atoms with van der Waals surface area (Å²) < 4.78 is 38.2. The van der Waals surface area contributed by atoms with Crippen molar-refractivity contribution in [3.05, 3.63) is 64.7 Å². The van der Waals surface area contributed by atoms with Crippen molar-refractivity contribution in [3.8, 4) is 0 Å². The van der Waals surface area contributed by atoms with E-state index in [1.165, 1.54) is 85.6 Å². The van der Waals surface area contributed by atoms with Crippen LogP contribution in [0, 0.1) is 11.6 Å². The Kier molecular flexibility index (Phi) is 6.58. The zero-order valence-electron chi connectivity index (χ0n) is 29.0. The maximum Gasteiger partial charge on any atom is 0.303 e. The first-order valence-corrected chi connectivity index (χ1v) is 21.6. The van der Waals surface area contributed by atoms with E-state index in [1.807, 2.05) is 0 Å². The molecule has 12 nitrogen and oxygen atoms in total. The molecule has 12 rings (SSSR count). The van der Waals surface area contributed by atoms with Crippen LogP contribution in [0.15, 0.2) is 36.4 Å². The molecule has 10 aliphatic rings. The maximum absolute atomic E-state index is 15.9. The second kappa shape index (κ2) is 10.2. The first-order chi connectivity index (χ1) is 25.1. The number of esters is 1. The summed E-state index contributed by atoms with van der Waals surface area (Å²) in [6.45, 7) is 4.75. The summed E-state index contributed by atoms with van der Waals surface area (Å²) in [7, 11) is 7.53. The number of hydrogen-bond acceptors (Lipinski definition) is 12. The van der Waals surface area contributed by atoms with Crippen LogP contribution in [0.4, 0.5) is 14.5 Å². The molecule has 0 saturated carbocycles.